The Labute approximate surface area is 108 Å². The molecule has 0 rings (SSSR count). The third-order valence-corrected chi connectivity index (χ3v) is 2.77. The maximum absolute atomic E-state index is 11.6. The average Bonchev–Trinajstić information content (AvgIpc) is 2.30. The van der Waals surface area contributed by atoms with E-state index in [-0.39, 0.29) is 24.9 Å². The van der Waals surface area contributed by atoms with E-state index in [0.717, 1.165) is 6.54 Å². The van der Waals surface area contributed by atoms with Gasteiger partial charge >= 0.3 is 5.97 Å². The smallest absolute Gasteiger partial charge is 0.326 e. The van der Waals surface area contributed by atoms with Crippen LogP contribution in [0.4, 0.5) is 0 Å². The van der Waals surface area contributed by atoms with Crippen LogP contribution < -0.4 is 5.32 Å². The number of amides is 1. The molecule has 0 fully saturated rings. The lowest BCUT2D eigenvalue weighted by atomic mass is 10.0. The number of aliphatic carboxylic acids is 1. The van der Waals surface area contributed by atoms with E-state index >= 15 is 0 Å². The second-order valence-corrected chi connectivity index (χ2v) is 4.54. The molecule has 1 unspecified atom stereocenters. The van der Waals surface area contributed by atoms with Gasteiger partial charge in [0.15, 0.2) is 0 Å². The van der Waals surface area contributed by atoms with Crippen molar-refractivity contribution in [3.8, 4) is 0 Å². The molecule has 0 aliphatic carbocycles. The van der Waals surface area contributed by atoms with Crippen molar-refractivity contribution in [1.82, 2.24) is 10.2 Å². The molecule has 0 aliphatic rings. The summed E-state index contributed by atoms with van der Waals surface area (Å²) in [5, 5.41) is 20.3. The Morgan fingerprint density at radius 2 is 1.89 bits per heavy atom. The molecule has 0 bridgehead atoms. The number of carboxylic acids is 1. The van der Waals surface area contributed by atoms with E-state index in [4.69, 9.17) is 10.2 Å². The topological polar surface area (TPSA) is 89.9 Å². The Kier molecular flexibility index (Phi) is 8.32. The Bertz CT molecular complexity index is 269. The van der Waals surface area contributed by atoms with Gasteiger partial charge in [0, 0.05) is 19.5 Å². The van der Waals surface area contributed by atoms with Crippen LogP contribution in [-0.4, -0.2) is 59.3 Å². The highest BCUT2D eigenvalue weighted by atomic mass is 16.4. The van der Waals surface area contributed by atoms with Crippen LogP contribution in [0.15, 0.2) is 0 Å². The van der Waals surface area contributed by atoms with Crippen LogP contribution in [0.2, 0.25) is 0 Å². The minimum Gasteiger partial charge on any atom is -0.480 e. The van der Waals surface area contributed by atoms with Crippen LogP contribution in [-0.2, 0) is 9.59 Å². The molecule has 0 spiro atoms. The first kappa shape index (κ1) is 16.9. The number of aliphatic hydroxyl groups excluding tert-OH is 1. The molecule has 0 aromatic heterocycles. The summed E-state index contributed by atoms with van der Waals surface area (Å²) in [4.78, 5) is 24.5. The molecular formula is C12H24N2O4. The SMILES string of the molecule is CCN(CCO)CCC(=O)NC(C(=O)O)C(C)C. The number of likely N-dealkylation sites (N-methyl/N-ethyl adjacent to an activating group) is 1. The summed E-state index contributed by atoms with van der Waals surface area (Å²) in [5.74, 6) is -1.43. The van der Waals surface area contributed by atoms with Crippen molar-refractivity contribution in [1.29, 1.82) is 0 Å². The second kappa shape index (κ2) is 8.88. The van der Waals surface area contributed by atoms with Crippen molar-refractivity contribution in [3.63, 3.8) is 0 Å². The van der Waals surface area contributed by atoms with E-state index in [1.807, 2.05) is 11.8 Å². The lowest BCUT2D eigenvalue weighted by Gasteiger charge is -2.21. The number of carboxylic acid groups (broad SMARTS) is 1. The molecule has 0 heterocycles. The predicted octanol–water partition coefficient (Wildman–Crippen LogP) is -0.0839. The summed E-state index contributed by atoms with van der Waals surface area (Å²) >= 11 is 0. The number of carbonyl (C=O) groups excluding carboxylic acids is 1. The fraction of sp³-hybridized carbons (Fsp3) is 0.833. The summed E-state index contributed by atoms with van der Waals surface area (Å²) in [7, 11) is 0. The molecule has 6 heteroatoms. The third-order valence-electron chi connectivity index (χ3n) is 2.77. The molecule has 106 valence electrons. The Morgan fingerprint density at radius 1 is 1.28 bits per heavy atom. The lowest BCUT2D eigenvalue weighted by molar-refractivity contribution is -0.143. The van der Waals surface area contributed by atoms with Crippen molar-refractivity contribution < 1.29 is 19.8 Å². The van der Waals surface area contributed by atoms with Crippen LogP contribution >= 0.6 is 0 Å². The molecule has 6 nitrogen and oxygen atoms in total. The molecule has 0 aromatic rings. The van der Waals surface area contributed by atoms with Gasteiger partial charge in [-0.1, -0.05) is 20.8 Å². The van der Waals surface area contributed by atoms with E-state index in [0.29, 0.717) is 13.1 Å². The number of aliphatic hydroxyl groups is 1. The predicted molar refractivity (Wildman–Crippen MR) is 68.2 cm³/mol. The van der Waals surface area contributed by atoms with Crippen molar-refractivity contribution in [2.24, 2.45) is 5.92 Å². The maximum Gasteiger partial charge on any atom is 0.326 e. The zero-order valence-corrected chi connectivity index (χ0v) is 11.3. The summed E-state index contributed by atoms with van der Waals surface area (Å²) in [6.07, 6.45) is 0.240. The molecule has 0 saturated carbocycles. The summed E-state index contributed by atoms with van der Waals surface area (Å²) < 4.78 is 0. The molecule has 1 amide bonds. The normalized spacial score (nSPS) is 12.8. The number of hydrogen-bond acceptors (Lipinski definition) is 4. The summed E-state index contributed by atoms with van der Waals surface area (Å²) in [6, 6.07) is -0.842. The van der Waals surface area contributed by atoms with E-state index in [1.165, 1.54) is 0 Å². The van der Waals surface area contributed by atoms with E-state index in [2.05, 4.69) is 5.32 Å². The molecular weight excluding hydrogens is 236 g/mol. The molecule has 0 saturated heterocycles. The molecule has 3 N–H and O–H groups in total. The van der Waals surface area contributed by atoms with Crippen molar-refractivity contribution in [2.75, 3.05) is 26.2 Å². The number of carbonyl (C=O) groups is 2. The number of hydrogen-bond donors (Lipinski definition) is 3. The van der Waals surface area contributed by atoms with E-state index in [1.54, 1.807) is 13.8 Å². The zero-order valence-electron chi connectivity index (χ0n) is 11.3. The molecule has 0 aromatic carbocycles. The van der Waals surface area contributed by atoms with Crippen molar-refractivity contribution in [3.05, 3.63) is 0 Å². The largest absolute Gasteiger partial charge is 0.480 e. The van der Waals surface area contributed by atoms with Gasteiger partial charge < -0.3 is 20.4 Å². The second-order valence-electron chi connectivity index (χ2n) is 4.54. The summed E-state index contributed by atoms with van der Waals surface area (Å²) in [5.41, 5.74) is 0. The van der Waals surface area contributed by atoms with Crippen molar-refractivity contribution in [2.45, 2.75) is 33.2 Å². The minimum atomic E-state index is -1.01. The van der Waals surface area contributed by atoms with Crippen molar-refractivity contribution >= 4 is 11.9 Å². The van der Waals surface area contributed by atoms with Crippen LogP contribution in [0.3, 0.4) is 0 Å². The fourth-order valence-electron chi connectivity index (χ4n) is 1.59. The van der Waals surface area contributed by atoms with Gasteiger partial charge in [0.05, 0.1) is 6.61 Å². The van der Waals surface area contributed by atoms with Gasteiger partial charge in [-0.3, -0.25) is 4.79 Å². The highest BCUT2D eigenvalue weighted by Crippen LogP contribution is 2.02. The number of nitrogens with one attached hydrogen (secondary N) is 1. The molecule has 1 atom stereocenters. The van der Waals surface area contributed by atoms with Crippen LogP contribution in [0.5, 0.6) is 0 Å². The number of nitrogens with zero attached hydrogens (tertiary/aromatic N) is 1. The Morgan fingerprint density at radius 3 is 2.28 bits per heavy atom. The van der Waals surface area contributed by atoms with Gasteiger partial charge in [0.25, 0.3) is 0 Å². The van der Waals surface area contributed by atoms with Gasteiger partial charge in [0.2, 0.25) is 5.91 Å². The molecule has 0 aliphatic heterocycles. The van der Waals surface area contributed by atoms with Crippen LogP contribution in [0, 0.1) is 5.92 Å². The standard InChI is InChI=1S/C12H24N2O4/c1-4-14(7-8-15)6-5-10(16)13-11(9(2)3)12(17)18/h9,11,15H,4-8H2,1-3H3,(H,13,16)(H,17,18). The molecule has 0 radical (unpaired) electrons. The maximum atomic E-state index is 11.6. The quantitative estimate of drug-likeness (QED) is 0.539. The summed E-state index contributed by atoms with van der Waals surface area (Å²) in [6.45, 7) is 7.30. The highest BCUT2D eigenvalue weighted by molar-refractivity contribution is 5.83. The number of rotatable bonds is 9. The van der Waals surface area contributed by atoms with Crippen LogP contribution in [0.25, 0.3) is 0 Å². The van der Waals surface area contributed by atoms with Gasteiger partial charge in [-0.05, 0) is 12.5 Å². The first-order valence-electron chi connectivity index (χ1n) is 6.27. The van der Waals surface area contributed by atoms with Gasteiger partial charge in [-0.2, -0.15) is 0 Å². The van der Waals surface area contributed by atoms with Gasteiger partial charge in [0.1, 0.15) is 6.04 Å². The first-order chi connectivity index (χ1) is 8.42. The fourth-order valence-corrected chi connectivity index (χ4v) is 1.59. The van der Waals surface area contributed by atoms with Gasteiger partial charge in [-0.15, -0.1) is 0 Å². The minimum absolute atomic E-state index is 0.0548. The van der Waals surface area contributed by atoms with E-state index < -0.39 is 12.0 Å². The highest BCUT2D eigenvalue weighted by Gasteiger charge is 2.23. The Hall–Kier alpha value is -1.14. The van der Waals surface area contributed by atoms with Gasteiger partial charge in [-0.25, -0.2) is 4.79 Å². The monoisotopic (exact) mass is 260 g/mol. The third kappa shape index (κ3) is 6.56. The zero-order chi connectivity index (χ0) is 14.1. The first-order valence-corrected chi connectivity index (χ1v) is 6.27. The Balaban J connectivity index is 4.13. The van der Waals surface area contributed by atoms with E-state index in [9.17, 15) is 9.59 Å². The molecule has 18 heavy (non-hydrogen) atoms. The van der Waals surface area contributed by atoms with Crippen LogP contribution in [0.1, 0.15) is 27.2 Å². The lowest BCUT2D eigenvalue weighted by Crippen LogP contribution is -2.45. The average molecular weight is 260 g/mol.